The summed E-state index contributed by atoms with van der Waals surface area (Å²) in [6.07, 6.45) is 0.817. The molecule has 0 saturated heterocycles. The average molecular weight is 265 g/mol. The van der Waals surface area contributed by atoms with Gasteiger partial charge in [-0.05, 0) is 30.2 Å². The highest BCUT2D eigenvalue weighted by molar-refractivity contribution is 6.35. The van der Waals surface area contributed by atoms with Crippen LogP contribution in [0.4, 0.5) is 0 Å². The monoisotopic (exact) mass is 264 g/mol. The number of rotatable bonds is 1. The van der Waals surface area contributed by atoms with E-state index in [-0.39, 0.29) is 0 Å². The van der Waals surface area contributed by atoms with Gasteiger partial charge in [0.1, 0.15) is 5.69 Å². The Balaban J connectivity index is 2.36. The molecule has 0 fully saturated rings. The number of nitrogens with zero attached hydrogens (tertiary/aromatic N) is 1. The summed E-state index contributed by atoms with van der Waals surface area (Å²) in [6.45, 7) is 2.00. The molecule has 0 atom stereocenters. The fourth-order valence-corrected chi connectivity index (χ4v) is 1.95. The predicted octanol–water partition coefficient (Wildman–Crippen LogP) is 4.15. The molecule has 2 rings (SSSR count). The number of benzene rings is 1. The highest BCUT2D eigenvalue weighted by Gasteiger charge is 2.05. The summed E-state index contributed by atoms with van der Waals surface area (Å²) in [5.74, 6) is 5.96. The molecule has 0 unspecified atom stereocenters. The highest BCUT2D eigenvalue weighted by Crippen LogP contribution is 2.26. The van der Waals surface area contributed by atoms with Gasteiger partial charge in [0.05, 0.1) is 5.69 Å². The smallest absolute Gasteiger partial charge is 0.108 e. The quantitative estimate of drug-likeness (QED) is 0.771. The van der Waals surface area contributed by atoms with E-state index in [0.29, 0.717) is 10.0 Å². The summed E-state index contributed by atoms with van der Waals surface area (Å²) in [6, 6.07) is 7.21. The number of H-pyrrole nitrogens is 1. The molecular weight excluding hydrogens is 255 g/mol. The van der Waals surface area contributed by atoms with Crippen molar-refractivity contribution in [1.29, 1.82) is 0 Å². The Morgan fingerprint density at radius 1 is 1.18 bits per heavy atom. The third-order valence-corrected chi connectivity index (χ3v) is 2.57. The number of hydrogen-bond donors (Lipinski definition) is 1. The van der Waals surface area contributed by atoms with Gasteiger partial charge in [0.15, 0.2) is 0 Å². The number of aromatic nitrogens is 2. The zero-order valence-electron chi connectivity index (χ0n) is 9.22. The lowest BCUT2D eigenvalue weighted by Gasteiger charge is -1.98. The number of hydrogen-bond acceptors (Lipinski definition) is 1. The van der Waals surface area contributed by atoms with Crippen LogP contribution in [0.5, 0.6) is 0 Å². The maximum absolute atomic E-state index is 5.94. The molecule has 1 heterocycles. The highest BCUT2D eigenvalue weighted by atomic mass is 35.5. The summed E-state index contributed by atoms with van der Waals surface area (Å²) in [5.41, 5.74) is 2.45. The third-order valence-electron chi connectivity index (χ3n) is 2.14. The van der Waals surface area contributed by atoms with E-state index in [1.54, 1.807) is 6.07 Å². The molecule has 86 valence electrons. The first-order chi connectivity index (χ1) is 8.19. The van der Waals surface area contributed by atoms with Gasteiger partial charge in [0.25, 0.3) is 0 Å². The first-order valence-corrected chi connectivity index (χ1v) is 5.95. The van der Waals surface area contributed by atoms with Gasteiger partial charge in [0, 0.05) is 22.0 Å². The van der Waals surface area contributed by atoms with Crippen molar-refractivity contribution < 1.29 is 0 Å². The molecule has 0 aliphatic rings. The van der Waals surface area contributed by atoms with Crippen molar-refractivity contribution in [1.82, 2.24) is 10.2 Å². The summed E-state index contributed by atoms with van der Waals surface area (Å²) < 4.78 is 0. The van der Waals surface area contributed by atoms with Crippen LogP contribution in [0.25, 0.3) is 11.3 Å². The van der Waals surface area contributed by atoms with E-state index in [1.165, 1.54) is 0 Å². The van der Waals surface area contributed by atoms with Gasteiger partial charge in [-0.15, -0.1) is 0 Å². The molecule has 0 saturated carbocycles. The molecule has 0 bridgehead atoms. The van der Waals surface area contributed by atoms with Crippen LogP contribution in [-0.2, 0) is 0 Å². The summed E-state index contributed by atoms with van der Waals surface area (Å²) >= 11 is 11.9. The maximum Gasteiger partial charge on any atom is 0.108 e. The summed E-state index contributed by atoms with van der Waals surface area (Å²) in [7, 11) is 0. The van der Waals surface area contributed by atoms with Crippen LogP contribution >= 0.6 is 23.2 Å². The fraction of sp³-hybridized carbons (Fsp3) is 0.154. The van der Waals surface area contributed by atoms with E-state index in [1.807, 2.05) is 25.1 Å². The minimum Gasteiger partial charge on any atom is -0.269 e. The molecule has 0 radical (unpaired) electrons. The van der Waals surface area contributed by atoms with Gasteiger partial charge in [-0.25, -0.2) is 0 Å². The van der Waals surface area contributed by atoms with Crippen LogP contribution in [0.2, 0.25) is 10.0 Å². The zero-order valence-corrected chi connectivity index (χ0v) is 10.7. The fourth-order valence-electron chi connectivity index (χ4n) is 1.42. The largest absolute Gasteiger partial charge is 0.269 e. The maximum atomic E-state index is 5.94. The van der Waals surface area contributed by atoms with Gasteiger partial charge in [-0.1, -0.05) is 36.0 Å². The Labute approximate surface area is 110 Å². The Morgan fingerprint density at radius 2 is 1.88 bits per heavy atom. The van der Waals surface area contributed by atoms with Crippen LogP contribution in [0.15, 0.2) is 24.3 Å². The van der Waals surface area contributed by atoms with E-state index < -0.39 is 0 Å². The van der Waals surface area contributed by atoms with E-state index >= 15 is 0 Å². The van der Waals surface area contributed by atoms with Crippen LogP contribution in [0.3, 0.4) is 0 Å². The second-order valence-corrected chi connectivity index (χ2v) is 4.35. The third kappa shape index (κ3) is 3.03. The van der Waals surface area contributed by atoms with Crippen molar-refractivity contribution in [2.75, 3.05) is 0 Å². The first kappa shape index (κ1) is 12.0. The molecular formula is C13H10Cl2N2. The number of aromatic amines is 1. The van der Waals surface area contributed by atoms with Crippen LogP contribution < -0.4 is 0 Å². The predicted molar refractivity (Wildman–Crippen MR) is 71.2 cm³/mol. The molecule has 17 heavy (non-hydrogen) atoms. The Bertz CT molecular complexity index is 571. The standard InChI is InChI=1S/C13H10Cl2N2/c1-2-3-4-12-8-13(17-16-12)9-5-10(14)7-11(15)6-9/h5-8H,2H2,1H3,(H,16,17). The van der Waals surface area contributed by atoms with Crippen molar-refractivity contribution in [3.8, 4) is 23.1 Å². The van der Waals surface area contributed by atoms with Crippen molar-refractivity contribution in [3.05, 3.63) is 40.0 Å². The van der Waals surface area contributed by atoms with Crippen LogP contribution in [0.1, 0.15) is 19.0 Å². The van der Waals surface area contributed by atoms with Crippen molar-refractivity contribution >= 4 is 23.2 Å². The molecule has 1 aromatic carbocycles. The van der Waals surface area contributed by atoms with E-state index in [0.717, 1.165) is 23.4 Å². The second kappa shape index (κ2) is 5.27. The van der Waals surface area contributed by atoms with E-state index in [4.69, 9.17) is 23.2 Å². The molecule has 4 heteroatoms. The lowest BCUT2D eigenvalue weighted by molar-refractivity contribution is 1.08. The minimum atomic E-state index is 0.594. The SMILES string of the molecule is CCC#Cc1cc(-c2cc(Cl)cc(Cl)c2)n[nH]1. The second-order valence-electron chi connectivity index (χ2n) is 3.48. The molecule has 1 N–H and O–H groups in total. The van der Waals surface area contributed by atoms with Gasteiger partial charge in [-0.3, -0.25) is 5.10 Å². The van der Waals surface area contributed by atoms with Gasteiger partial charge >= 0.3 is 0 Å². The van der Waals surface area contributed by atoms with Crippen LogP contribution in [0, 0.1) is 11.8 Å². The van der Waals surface area contributed by atoms with Crippen LogP contribution in [-0.4, -0.2) is 10.2 Å². The van der Waals surface area contributed by atoms with Gasteiger partial charge in [0.2, 0.25) is 0 Å². The molecule has 0 aliphatic heterocycles. The molecule has 0 spiro atoms. The molecule has 0 aliphatic carbocycles. The molecule has 2 nitrogen and oxygen atoms in total. The summed E-state index contributed by atoms with van der Waals surface area (Å²) in [4.78, 5) is 0. The number of halogens is 2. The Kier molecular flexibility index (Phi) is 3.73. The van der Waals surface area contributed by atoms with E-state index in [9.17, 15) is 0 Å². The van der Waals surface area contributed by atoms with Crippen molar-refractivity contribution in [3.63, 3.8) is 0 Å². The molecule has 1 aromatic heterocycles. The summed E-state index contributed by atoms with van der Waals surface area (Å²) in [5, 5.41) is 8.23. The van der Waals surface area contributed by atoms with Gasteiger partial charge < -0.3 is 0 Å². The van der Waals surface area contributed by atoms with Crippen molar-refractivity contribution in [2.45, 2.75) is 13.3 Å². The average Bonchev–Trinajstić information content (AvgIpc) is 2.73. The Morgan fingerprint density at radius 3 is 2.53 bits per heavy atom. The van der Waals surface area contributed by atoms with E-state index in [2.05, 4.69) is 22.0 Å². The van der Waals surface area contributed by atoms with Crippen molar-refractivity contribution in [2.24, 2.45) is 0 Å². The zero-order chi connectivity index (χ0) is 12.3. The molecule has 2 aromatic rings. The lowest BCUT2D eigenvalue weighted by Crippen LogP contribution is -1.78. The number of nitrogens with one attached hydrogen (secondary N) is 1. The van der Waals surface area contributed by atoms with Gasteiger partial charge in [-0.2, -0.15) is 5.10 Å². The Hall–Kier alpha value is -1.43. The minimum absolute atomic E-state index is 0.594. The first-order valence-electron chi connectivity index (χ1n) is 5.20. The lowest BCUT2D eigenvalue weighted by atomic mass is 10.1. The topological polar surface area (TPSA) is 28.7 Å². The normalized spacial score (nSPS) is 9.82. The molecule has 0 amide bonds.